The van der Waals surface area contributed by atoms with Crippen LogP contribution in [-0.2, 0) is 0 Å². The molecule has 1 saturated carbocycles. The maximum Gasteiger partial charge on any atom is 0.184 e. The van der Waals surface area contributed by atoms with E-state index >= 15 is 0 Å². The second kappa shape index (κ2) is 5.38. The van der Waals surface area contributed by atoms with E-state index in [0.29, 0.717) is 6.04 Å². The molecule has 19 heavy (non-hydrogen) atoms. The van der Waals surface area contributed by atoms with Gasteiger partial charge in [0.25, 0.3) is 0 Å². The number of nitrogen functional groups attached to an aromatic ring is 1. The third-order valence-corrected chi connectivity index (χ3v) is 3.87. The minimum Gasteiger partial charge on any atom is -0.398 e. The average Bonchev–Trinajstić information content (AvgIpc) is 2.74. The Bertz CT molecular complexity index is 540. The molecular weight excluding hydrogens is 238 g/mol. The molecule has 0 radical (unpaired) electrons. The third-order valence-electron chi connectivity index (χ3n) is 3.87. The van der Waals surface area contributed by atoms with Gasteiger partial charge in [0, 0.05) is 11.3 Å². The highest BCUT2D eigenvalue weighted by molar-refractivity contribution is 5.71. The van der Waals surface area contributed by atoms with Crippen molar-refractivity contribution in [3.63, 3.8) is 0 Å². The fourth-order valence-corrected chi connectivity index (χ4v) is 2.82. The van der Waals surface area contributed by atoms with Gasteiger partial charge in [0.15, 0.2) is 5.82 Å². The van der Waals surface area contributed by atoms with Crippen LogP contribution in [-0.4, -0.2) is 20.2 Å². The van der Waals surface area contributed by atoms with Gasteiger partial charge in [-0.25, -0.2) is 4.68 Å². The standard InChI is InChI=1S/C14H19N5/c15-13-10-6-5-9-12(13)14-16-17-18-19(14)11-7-3-1-2-4-8-11/h5-6,9-11H,1-4,7-8,15H2. The highest BCUT2D eigenvalue weighted by atomic mass is 15.5. The van der Waals surface area contributed by atoms with Crippen molar-refractivity contribution >= 4 is 5.69 Å². The van der Waals surface area contributed by atoms with Gasteiger partial charge in [-0.05, 0) is 35.4 Å². The van der Waals surface area contributed by atoms with Gasteiger partial charge in [0.2, 0.25) is 0 Å². The summed E-state index contributed by atoms with van der Waals surface area (Å²) in [6, 6.07) is 8.18. The summed E-state index contributed by atoms with van der Waals surface area (Å²) >= 11 is 0. The Kier molecular flexibility index (Phi) is 3.44. The lowest BCUT2D eigenvalue weighted by Gasteiger charge is -2.16. The maximum absolute atomic E-state index is 6.03. The Labute approximate surface area is 112 Å². The molecule has 3 rings (SSSR count). The number of para-hydroxylation sites is 1. The van der Waals surface area contributed by atoms with Crippen LogP contribution >= 0.6 is 0 Å². The topological polar surface area (TPSA) is 69.6 Å². The maximum atomic E-state index is 6.03. The van der Waals surface area contributed by atoms with Crippen molar-refractivity contribution in [1.29, 1.82) is 0 Å². The van der Waals surface area contributed by atoms with Gasteiger partial charge in [-0.3, -0.25) is 0 Å². The van der Waals surface area contributed by atoms with Crippen molar-refractivity contribution < 1.29 is 0 Å². The molecule has 0 amide bonds. The smallest absolute Gasteiger partial charge is 0.184 e. The van der Waals surface area contributed by atoms with E-state index < -0.39 is 0 Å². The molecule has 5 heteroatoms. The lowest BCUT2D eigenvalue weighted by atomic mass is 10.1. The molecule has 1 aromatic heterocycles. The number of nitrogens with zero attached hydrogens (tertiary/aromatic N) is 4. The fourth-order valence-electron chi connectivity index (χ4n) is 2.82. The van der Waals surface area contributed by atoms with Gasteiger partial charge in [0.1, 0.15) is 0 Å². The van der Waals surface area contributed by atoms with Gasteiger partial charge in [0.05, 0.1) is 6.04 Å². The summed E-state index contributed by atoms with van der Waals surface area (Å²) in [5.74, 6) is 0.796. The number of hydrogen-bond acceptors (Lipinski definition) is 4. The van der Waals surface area contributed by atoms with Crippen LogP contribution in [0.25, 0.3) is 11.4 Å². The molecule has 2 aromatic rings. The summed E-state index contributed by atoms with van der Waals surface area (Å²) in [6.45, 7) is 0. The number of anilines is 1. The summed E-state index contributed by atoms with van der Waals surface area (Å²) in [7, 11) is 0. The summed E-state index contributed by atoms with van der Waals surface area (Å²) in [5.41, 5.74) is 7.69. The molecule has 1 aliphatic rings. The lowest BCUT2D eigenvalue weighted by molar-refractivity contribution is 0.400. The van der Waals surface area contributed by atoms with Crippen molar-refractivity contribution in [2.45, 2.75) is 44.6 Å². The molecule has 1 aromatic carbocycles. The molecule has 2 N–H and O–H groups in total. The summed E-state index contributed by atoms with van der Waals surface area (Å²) in [5, 5.41) is 12.2. The van der Waals surface area contributed by atoms with Crippen LogP contribution in [0.3, 0.4) is 0 Å². The Morgan fingerprint density at radius 3 is 2.53 bits per heavy atom. The van der Waals surface area contributed by atoms with Crippen molar-refractivity contribution in [2.24, 2.45) is 0 Å². The van der Waals surface area contributed by atoms with Crippen molar-refractivity contribution in [3.05, 3.63) is 24.3 Å². The number of hydrogen-bond donors (Lipinski definition) is 1. The SMILES string of the molecule is Nc1ccccc1-c1nnnn1C1CCCCCC1. The van der Waals surface area contributed by atoms with Gasteiger partial charge in [-0.1, -0.05) is 37.8 Å². The number of aromatic nitrogens is 4. The molecule has 0 aliphatic heterocycles. The third kappa shape index (κ3) is 2.45. The minimum atomic E-state index is 0.409. The fraction of sp³-hybridized carbons (Fsp3) is 0.500. The first kappa shape index (κ1) is 12.1. The highest BCUT2D eigenvalue weighted by Gasteiger charge is 2.20. The quantitative estimate of drug-likeness (QED) is 0.663. The summed E-state index contributed by atoms with van der Waals surface area (Å²) in [4.78, 5) is 0. The number of tetrazole rings is 1. The molecule has 1 heterocycles. The number of rotatable bonds is 2. The molecule has 1 fully saturated rings. The van der Waals surface area contributed by atoms with Crippen LogP contribution in [0.5, 0.6) is 0 Å². The first-order valence-electron chi connectivity index (χ1n) is 6.99. The normalized spacial score (nSPS) is 17.3. The molecule has 5 nitrogen and oxygen atoms in total. The Morgan fingerprint density at radius 2 is 1.79 bits per heavy atom. The largest absolute Gasteiger partial charge is 0.398 e. The zero-order valence-electron chi connectivity index (χ0n) is 11.0. The van der Waals surface area contributed by atoms with Gasteiger partial charge in [-0.15, -0.1) is 5.10 Å². The molecular formula is C14H19N5. The van der Waals surface area contributed by atoms with E-state index in [1.165, 1.54) is 25.7 Å². The van der Waals surface area contributed by atoms with Crippen LogP contribution in [0, 0.1) is 0 Å². The van der Waals surface area contributed by atoms with E-state index in [2.05, 4.69) is 15.5 Å². The zero-order chi connectivity index (χ0) is 13.1. The molecule has 1 aliphatic carbocycles. The minimum absolute atomic E-state index is 0.409. The van der Waals surface area contributed by atoms with Crippen molar-refractivity contribution in [2.75, 3.05) is 5.73 Å². The lowest BCUT2D eigenvalue weighted by Crippen LogP contribution is -2.12. The van der Waals surface area contributed by atoms with E-state index in [9.17, 15) is 0 Å². The number of benzene rings is 1. The predicted octanol–water partition coefficient (Wildman–Crippen LogP) is 2.82. The molecule has 0 atom stereocenters. The average molecular weight is 257 g/mol. The van der Waals surface area contributed by atoms with E-state index in [-0.39, 0.29) is 0 Å². The van der Waals surface area contributed by atoms with E-state index in [1.54, 1.807) is 0 Å². The Morgan fingerprint density at radius 1 is 1.05 bits per heavy atom. The monoisotopic (exact) mass is 257 g/mol. The molecule has 0 unspecified atom stereocenters. The second-order valence-electron chi connectivity index (χ2n) is 5.18. The van der Waals surface area contributed by atoms with Gasteiger partial charge >= 0.3 is 0 Å². The Balaban J connectivity index is 1.96. The van der Waals surface area contributed by atoms with Crippen molar-refractivity contribution in [1.82, 2.24) is 20.2 Å². The predicted molar refractivity (Wildman–Crippen MR) is 74.4 cm³/mol. The van der Waals surface area contributed by atoms with Crippen LogP contribution in [0.1, 0.15) is 44.6 Å². The molecule has 0 spiro atoms. The van der Waals surface area contributed by atoms with E-state index in [1.807, 2.05) is 28.9 Å². The Hall–Kier alpha value is -1.91. The van der Waals surface area contributed by atoms with Crippen LogP contribution < -0.4 is 5.73 Å². The van der Waals surface area contributed by atoms with Crippen LogP contribution in [0.2, 0.25) is 0 Å². The zero-order valence-corrected chi connectivity index (χ0v) is 11.0. The van der Waals surface area contributed by atoms with Gasteiger partial charge in [-0.2, -0.15) is 0 Å². The second-order valence-corrected chi connectivity index (χ2v) is 5.18. The molecule has 0 bridgehead atoms. The van der Waals surface area contributed by atoms with Gasteiger partial charge < -0.3 is 5.73 Å². The molecule has 100 valence electrons. The van der Waals surface area contributed by atoms with Crippen LogP contribution in [0.4, 0.5) is 5.69 Å². The molecule has 0 saturated heterocycles. The van der Waals surface area contributed by atoms with Crippen molar-refractivity contribution in [3.8, 4) is 11.4 Å². The highest BCUT2D eigenvalue weighted by Crippen LogP contribution is 2.31. The summed E-state index contributed by atoms with van der Waals surface area (Å²) < 4.78 is 1.97. The van der Waals surface area contributed by atoms with E-state index in [0.717, 1.165) is 29.9 Å². The van der Waals surface area contributed by atoms with E-state index in [4.69, 9.17) is 5.73 Å². The first-order valence-corrected chi connectivity index (χ1v) is 6.99. The number of nitrogens with two attached hydrogens (primary N) is 1. The summed E-state index contributed by atoms with van der Waals surface area (Å²) in [6.07, 6.45) is 7.47. The first-order chi connectivity index (χ1) is 9.36. The van der Waals surface area contributed by atoms with Crippen LogP contribution in [0.15, 0.2) is 24.3 Å².